The fraction of sp³-hybridized carbons (Fsp3) is 0.500. The second-order valence-electron chi connectivity index (χ2n) is 2.96. The molecular weight excluding hydrogens is 180 g/mol. The van der Waals surface area contributed by atoms with Crippen molar-refractivity contribution in [1.29, 1.82) is 0 Å². The molecule has 0 radical (unpaired) electrons. The summed E-state index contributed by atoms with van der Waals surface area (Å²) in [5.74, 6) is 0.572. The number of rotatable bonds is 1. The van der Waals surface area contributed by atoms with Crippen molar-refractivity contribution in [3.63, 3.8) is 0 Å². The highest BCUT2D eigenvalue weighted by Gasteiger charge is 2.29. The van der Waals surface area contributed by atoms with Crippen molar-refractivity contribution in [2.75, 3.05) is 0 Å². The molecule has 1 aliphatic carbocycles. The zero-order valence-corrected chi connectivity index (χ0v) is 7.53. The van der Waals surface area contributed by atoms with Crippen molar-refractivity contribution in [3.8, 4) is 0 Å². The third-order valence-electron chi connectivity index (χ3n) is 2.11. The molecule has 1 aromatic heterocycles. The molecule has 0 spiro atoms. The highest BCUT2D eigenvalue weighted by molar-refractivity contribution is 7.16. The van der Waals surface area contributed by atoms with Gasteiger partial charge in [0, 0.05) is 4.88 Å². The third-order valence-corrected chi connectivity index (χ3v) is 3.50. The molecule has 1 fully saturated rings. The Morgan fingerprint density at radius 2 is 2.18 bits per heavy atom. The average Bonchev–Trinajstić information content (AvgIpc) is 2.29. The van der Waals surface area contributed by atoms with E-state index in [4.69, 9.17) is 16.7 Å². The molecule has 1 saturated carbocycles. The molecule has 0 bridgehead atoms. The molecule has 0 unspecified atom stereocenters. The first-order valence-electron chi connectivity index (χ1n) is 3.69. The zero-order valence-electron chi connectivity index (χ0n) is 5.96. The average molecular weight is 189 g/mol. The van der Waals surface area contributed by atoms with E-state index in [0.717, 1.165) is 17.2 Å². The van der Waals surface area contributed by atoms with Crippen molar-refractivity contribution in [1.82, 2.24) is 0 Å². The van der Waals surface area contributed by atoms with Gasteiger partial charge >= 0.3 is 0 Å². The summed E-state index contributed by atoms with van der Waals surface area (Å²) in [6.07, 6.45) is 1.76. The minimum absolute atomic E-state index is 0.0686. The van der Waals surface area contributed by atoms with Crippen molar-refractivity contribution in [2.45, 2.75) is 24.9 Å². The number of thiophene rings is 1. The lowest BCUT2D eigenvalue weighted by Crippen LogP contribution is -2.25. The van der Waals surface area contributed by atoms with Crippen LogP contribution < -0.4 is 0 Å². The molecule has 1 aliphatic rings. The topological polar surface area (TPSA) is 20.2 Å². The van der Waals surface area contributed by atoms with Crippen LogP contribution in [0.25, 0.3) is 0 Å². The summed E-state index contributed by atoms with van der Waals surface area (Å²) < 4.78 is 0.849. The largest absolute Gasteiger partial charge is 0.393 e. The number of hydrogen-bond donors (Lipinski definition) is 1. The van der Waals surface area contributed by atoms with Crippen molar-refractivity contribution in [2.24, 2.45) is 0 Å². The van der Waals surface area contributed by atoms with E-state index in [9.17, 15) is 0 Å². The second-order valence-corrected chi connectivity index (χ2v) is 4.71. The van der Waals surface area contributed by atoms with Gasteiger partial charge in [-0.3, -0.25) is 0 Å². The molecule has 0 atom stereocenters. The smallest absolute Gasteiger partial charge is 0.0931 e. The van der Waals surface area contributed by atoms with Crippen molar-refractivity contribution < 1.29 is 5.11 Å². The van der Waals surface area contributed by atoms with Gasteiger partial charge in [-0.05, 0) is 30.9 Å². The van der Waals surface area contributed by atoms with E-state index in [1.54, 1.807) is 11.3 Å². The summed E-state index contributed by atoms with van der Waals surface area (Å²) in [6, 6.07) is 3.98. The summed E-state index contributed by atoms with van der Waals surface area (Å²) in [6.45, 7) is 0. The van der Waals surface area contributed by atoms with Crippen LogP contribution in [-0.4, -0.2) is 11.2 Å². The molecule has 2 rings (SSSR count). The molecule has 0 aliphatic heterocycles. The Balaban J connectivity index is 2.07. The van der Waals surface area contributed by atoms with Crippen LogP contribution in [-0.2, 0) is 0 Å². The van der Waals surface area contributed by atoms with Gasteiger partial charge < -0.3 is 5.11 Å². The Kier molecular flexibility index (Phi) is 1.91. The predicted molar refractivity (Wildman–Crippen MR) is 47.3 cm³/mol. The van der Waals surface area contributed by atoms with Gasteiger partial charge in [0.2, 0.25) is 0 Å². The van der Waals surface area contributed by atoms with Gasteiger partial charge in [-0.1, -0.05) is 11.6 Å². The minimum Gasteiger partial charge on any atom is -0.393 e. The van der Waals surface area contributed by atoms with Gasteiger partial charge in [-0.2, -0.15) is 0 Å². The standard InChI is InChI=1S/C8H9ClOS/c9-8-2-1-7(11-8)5-3-6(10)4-5/h1-2,5-6,10H,3-4H2. The Morgan fingerprint density at radius 3 is 2.64 bits per heavy atom. The van der Waals surface area contributed by atoms with E-state index in [1.807, 2.05) is 6.07 Å². The van der Waals surface area contributed by atoms with Gasteiger partial charge in [0.1, 0.15) is 0 Å². The monoisotopic (exact) mass is 188 g/mol. The first kappa shape index (κ1) is 7.59. The van der Waals surface area contributed by atoms with Crippen LogP contribution in [0.3, 0.4) is 0 Å². The van der Waals surface area contributed by atoms with E-state index in [2.05, 4.69) is 6.07 Å². The van der Waals surface area contributed by atoms with Crippen LogP contribution in [0.2, 0.25) is 4.34 Å². The van der Waals surface area contributed by atoms with E-state index < -0.39 is 0 Å². The summed E-state index contributed by atoms with van der Waals surface area (Å²) in [7, 11) is 0. The maximum absolute atomic E-state index is 9.06. The van der Waals surface area contributed by atoms with Crippen LogP contribution in [0, 0.1) is 0 Å². The van der Waals surface area contributed by atoms with E-state index in [0.29, 0.717) is 5.92 Å². The summed E-state index contributed by atoms with van der Waals surface area (Å²) in [5, 5.41) is 9.06. The molecule has 3 heteroatoms. The molecule has 1 aromatic rings. The van der Waals surface area contributed by atoms with Gasteiger partial charge in [-0.15, -0.1) is 11.3 Å². The number of aliphatic hydroxyl groups excluding tert-OH is 1. The van der Waals surface area contributed by atoms with E-state index in [1.165, 1.54) is 4.88 Å². The molecule has 0 aromatic carbocycles. The molecule has 0 amide bonds. The molecule has 11 heavy (non-hydrogen) atoms. The highest BCUT2D eigenvalue weighted by atomic mass is 35.5. The SMILES string of the molecule is OC1CC(c2ccc(Cl)s2)C1. The molecule has 0 saturated heterocycles. The van der Waals surface area contributed by atoms with Crippen LogP contribution in [0.5, 0.6) is 0 Å². The summed E-state index contributed by atoms with van der Waals surface area (Å²) in [5.41, 5.74) is 0. The predicted octanol–water partition coefficient (Wildman–Crippen LogP) is 2.64. The van der Waals surface area contributed by atoms with Crippen LogP contribution >= 0.6 is 22.9 Å². The van der Waals surface area contributed by atoms with Gasteiger partial charge in [-0.25, -0.2) is 0 Å². The maximum Gasteiger partial charge on any atom is 0.0931 e. The lowest BCUT2D eigenvalue weighted by Gasteiger charge is -2.30. The van der Waals surface area contributed by atoms with Gasteiger partial charge in [0.25, 0.3) is 0 Å². The Bertz CT molecular complexity index is 252. The molecule has 1 heterocycles. The van der Waals surface area contributed by atoms with Crippen molar-refractivity contribution in [3.05, 3.63) is 21.3 Å². The molecular formula is C8H9ClOS. The second kappa shape index (κ2) is 2.77. The summed E-state index contributed by atoms with van der Waals surface area (Å²) >= 11 is 7.41. The van der Waals surface area contributed by atoms with Crippen molar-refractivity contribution >= 4 is 22.9 Å². The van der Waals surface area contributed by atoms with Crippen LogP contribution in [0.4, 0.5) is 0 Å². The number of aliphatic hydroxyl groups is 1. The number of halogens is 1. The first-order chi connectivity index (χ1) is 5.25. The van der Waals surface area contributed by atoms with Crippen LogP contribution in [0.1, 0.15) is 23.6 Å². The van der Waals surface area contributed by atoms with Gasteiger partial charge in [0.05, 0.1) is 10.4 Å². The Morgan fingerprint density at radius 1 is 1.45 bits per heavy atom. The van der Waals surface area contributed by atoms with E-state index >= 15 is 0 Å². The minimum atomic E-state index is -0.0686. The fourth-order valence-corrected chi connectivity index (χ4v) is 2.55. The highest BCUT2D eigenvalue weighted by Crippen LogP contribution is 2.40. The van der Waals surface area contributed by atoms with Crippen LogP contribution in [0.15, 0.2) is 12.1 Å². The normalized spacial score (nSPS) is 30.0. The molecule has 1 nitrogen and oxygen atoms in total. The summed E-state index contributed by atoms with van der Waals surface area (Å²) in [4.78, 5) is 1.32. The Hall–Kier alpha value is -0.0500. The quantitative estimate of drug-likeness (QED) is 0.719. The maximum atomic E-state index is 9.06. The lowest BCUT2D eigenvalue weighted by molar-refractivity contribution is 0.0758. The third kappa shape index (κ3) is 1.43. The lowest BCUT2D eigenvalue weighted by atomic mass is 9.81. The van der Waals surface area contributed by atoms with E-state index in [-0.39, 0.29) is 6.10 Å². The zero-order chi connectivity index (χ0) is 7.84. The molecule has 60 valence electrons. The fourth-order valence-electron chi connectivity index (χ4n) is 1.37. The number of hydrogen-bond acceptors (Lipinski definition) is 2. The molecule has 1 N–H and O–H groups in total. The first-order valence-corrected chi connectivity index (χ1v) is 4.88. The van der Waals surface area contributed by atoms with Gasteiger partial charge in [0.15, 0.2) is 0 Å². The Labute approximate surface area is 74.6 Å².